The Bertz CT molecular complexity index is 250. The van der Waals surface area contributed by atoms with Crippen molar-refractivity contribution in [1.82, 2.24) is 9.97 Å². The average Bonchev–Trinajstić information content (AvgIpc) is 2.08. The topological polar surface area (TPSA) is 58.0 Å². The van der Waals surface area contributed by atoms with E-state index in [1.165, 1.54) is 0 Å². The summed E-state index contributed by atoms with van der Waals surface area (Å²) in [5.41, 5.74) is 0. The maximum Gasteiger partial charge on any atom is 0.222 e. The van der Waals surface area contributed by atoms with Crippen molar-refractivity contribution in [3.8, 4) is 0 Å². The van der Waals surface area contributed by atoms with Crippen molar-refractivity contribution in [2.45, 2.75) is 19.4 Å². The maximum absolute atomic E-state index is 12.3. The monoisotopic (exact) mass is 185 g/mol. The third kappa shape index (κ3) is 3.80. The van der Waals surface area contributed by atoms with E-state index in [2.05, 4.69) is 15.3 Å². The van der Waals surface area contributed by atoms with E-state index in [4.69, 9.17) is 5.11 Å². The largest absolute Gasteiger partial charge is 0.393 e. The zero-order valence-electron chi connectivity index (χ0n) is 7.37. The summed E-state index contributed by atoms with van der Waals surface area (Å²) in [5, 5.41) is 11.8. The lowest BCUT2D eigenvalue weighted by Crippen LogP contribution is -2.11. The van der Waals surface area contributed by atoms with Gasteiger partial charge in [-0.1, -0.05) is 0 Å². The molecule has 0 spiro atoms. The summed E-state index contributed by atoms with van der Waals surface area (Å²) in [6, 6.07) is 0. The Kier molecular flexibility index (Phi) is 3.57. The Balaban J connectivity index is 2.33. The normalized spacial score (nSPS) is 12.5. The van der Waals surface area contributed by atoms with E-state index in [0.29, 0.717) is 18.9 Å². The molecule has 0 bridgehead atoms. The zero-order chi connectivity index (χ0) is 9.68. The highest BCUT2D eigenvalue weighted by atomic mass is 19.1. The molecule has 5 heteroatoms. The zero-order valence-corrected chi connectivity index (χ0v) is 7.37. The number of aromatic nitrogens is 2. The van der Waals surface area contributed by atoms with Crippen LogP contribution in [-0.4, -0.2) is 27.7 Å². The molecule has 0 aliphatic heterocycles. The Morgan fingerprint density at radius 2 is 2.15 bits per heavy atom. The number of nitrogens with zero attached hydrogens (tertiary/aromatic N) is 2. The highest BCUT2D eigenvalue weighted by Gasteiger charge is 1.97. The van der Waals surface area contributed by atoms with E-state index in [1.807, 2.05) is 0 Å². The van der Waals surface area contributed by atoms with Gasteiger partial charge in [0.2, 0.25) is 5.95 Å². The lowest BCUT2D eigenvalue weighted by molar-refractivity contribution is 0.188. The molecule has 1 heterocycles. The van der Waals surface area contributed by atoms with Gasteiger partial charge in [0.15, 0.2) is 5.82 Å². The Labute approximate surface area is 75.8 Å². The fraction of sp³-hybridized carbons (Fsp3) is 0.500. The van der Waals surface area contributed by atoms with Crippen molar-refractivity contribution < 1.29 is 9.50 Å². The summed E-state index contributed by atoms with van der Waals surface area (Å²) >= 11 is 0. The minimum atomic E-state index is -0.457. The first-order valence-electron chi connectivity index (χ1n) is 4.08. The number of anilines is 1. The van der Waals surface area contributed by atoms with Gasteiger partial charge >= 0.3 is 0 Å². The van der Waals surface area contributed by atoms with Crippen LogP contribution in [0.1, 0.15) is 13.3 Å². The van der Waals surface area contributed by atoms with Gasteiger partial charge in [-0.3, -0.25) is 0 Å². The first-order chi connectivity index (χ1) is 6.18. The van der Waals surface area contributed by atoms with Gasteiger partial charge in [-0.15, -0.1) is 0 Å². The van der Waals surface area contributed by atoms with Crippen LogP contribution in [0.3, 0.4) is 0 Å². The van der Waals surface area contributed by atoms with Gasteiger partial charge in [-0.05, 0) is 13.3 Å². The van der Waals surface area contributed by atoms with Gasteiger partial charge in [-0.2, -0.15) is 0 Å². The summed E-state index contributed by atoms with van der Waals surface area (Å²) in [6.45, 7) is 2.27. The van der Waals surface area contributed by atoms with E-state index in [9.17, 15) is 4.39 Å². The number of rotatable bonds is 4. The van der Waals surface area contributed by atoms with Gasteiger partial charge in [0.25, 0.3) is 0 Å². The molecule has 1 aromatic heterocycles. The van der Waals surface area contributed by atoms with Crippen molar-refractivity contribution in [3.05, 3.63) is 18.2 Å². The van der Waals surface area contributed by atoms with Crippen LogP contribution in [0.4, 0.5) is 10.3 Å². The van der Waals surface area contributed by atoms with Crippen LogP contribution in [0.25, 0.3) is 0 Å². The summed E-state index contributed by atoms with van der Waals surface area (Å²) in [6.07, 6.45) is 2.45. The first-order valence-corrected chi connectivity index (χ1v) is 4.08. The lowest BCUT2D eigenvalue weighted by Gasteiger charge is -2.05. The van der Waals surface area contributed by atoms with Crippen LogP contribution >= 0.6 is 0 Å². The third-order valence-electron chi connectivity index (χ3n) is 1.47. The third-order valence-corrected chi connectivity index (χ3v) is 1.47. The summed E-state index contributed by atoms with van der Waals surface area (Å²) in [7, 11) is 0. The minimum absolute atomic E-state index is 0.354. The van der Waals surface area contributed by atoms with Gasteiger partial charge in [0.05, 0.1) is 18.5 Å². The SMILES string of the molecule is C[C@@H](O)CCNc1ncc(F)cn1. The molecule has 4 nitrogen and oxygen atoms in total. The van der Waals surface area contributed by atoms with Crippen molar-refractivity contribution in [2.24, 2.45) is 0 Å². The fourth-order valence-electron chi connectivity index (χ4n) is 0.796. The standard InChI is InChI=1S/C8H12FN3O/c1-6(13)2-3-10-8-11-4-7(9)5-12-8/h4-6,13H,2-3H2,1H3,(H,10,11,12)/t6-/m1/s1. The first kappa shape index (κ1) is 9.85. The molecule has 2 N–H and O–H groups in total. The number of nitrogens with one attached hydrogen (secondary N) is 1. The Morgan fingerprint density at radius 1 is 1.54 bits per heavy atom. The highest BCUT2D eigenvalue weighted by Crippen LogP contribution is 1.98. The van der Waals surface area contributed by atoms with Crippen LogP contribution in [-0.2, 0) is 0 Å². The molecule has 0 radical (unpaired) electrons. The van der Waals surface area contributed by atoms with E-state index >= 15 is 0 Å². The van der Waals surface area contributed by atoms with Gasteiger partial charge in [-0.25, -0.2) is 14.4 Å². The van der Waals surface area contributed by atoms with Crippen molar-refractivity contribution in [3.63, 3.8) is 0 Å². The molecule has 72 valence electrons. The number of aliphatic hydroxyl groups excluding tert-OH is 1. The molecule has 13 heavy (non-hydrogen) atoms. The van der Waals surface area contributed by atoms with Crippen molar-refractivity contribution in [2.75, 3.05) is 11.9 Å². The maximum atomic E-state index is 12.3. The van der Waals surface area contributed by atoms with Gasteiger partial charge < -0.3 is 10.4 Å². The van der Waals surface area contributed by atoms with Crippen LogP contribution in [0, 0.1) is 5.82 Å². The number of aliphatic hydroxyl groups is 1. The van der Waals surface area contributed by atoms with Crippen LogP contribution in [0.2, 0.25) is 0 Å². The molecule has 1 aromatic rings. The second-order valence-electron chi connectivity index (χ2n) is 2.79. The average molecular weight is 185 g/mol. The summed E-state index contributed by atoms with van der Waals surface area (Å²) in [4.78, 5) is 7.39. The molecule has 0 aliphatic carbocycles. The molecule has 0 aliphatic rings. The van der Waals surface area contributed by atoms with E-state index < -0.39 is 5.82 Å². The Hall–Kier alpha value is -1.23. The quantitative estimate of drug-likeness (QED) is 0.728. The molecule has 0 saturated heterocycles. The van der Waals surface area contributed by atoms with E-state index in [0.717, 1.165) is 12.4 Å². The highest BCUT2D eigenvalue weighted by molar-refractivity contribution is 5.21. The second-order valence-corrected chi connectivity index (χ2v) is 2.79. The minimum Gasteiger partial charge on any atom is -0.393 e. The van der Waals surface area contributed by atoms with Gasteiger partial charge in [0, 0.05) is 6.54 Å². The van der Waals surface area contributed by atoms with Crippen LogP contribution < -0.4 is 5.32 Å². The molecule has 0 amide bonds. The molecular formula is C8H12FN3O. The smallest absolute Gasteiger partial charge is 0.222 e. The van der Waals surface area contributed by atoms with E-state index in [1.54, 1.807) is 6.92 Å². The van der Waals surface area contributed by atoms with Crippen LogP contribution in [0.15, 0.2) is 12.4 Å². The second kappa shape index (κ2) is 4.71. The fourth-order valence-corrected chi connectivity index (χ4v) is 0.796. The summed E-state index contributed by atoms with van der Waals surface area (Å²) in [5.74, 6) is -0.0804. The lowest BCUT2D eigenvalue weighted by atomic mass is 10.3. The predicted molar refractivity (Wildman–Crippen MR) is 46.8 cm³/mol. The molecule has 0 aromatic carbocycles. The molecule has 1 atom stereocenters. The van der Waals surface area contributed by atoms with Crippen LogP contribution in [0.5, 0.6) is 0 Å². The van der Waals surface area contributed by atoms with Crippen molar-refractivity contribution in [1.29, 1.82) is 0 Å². The molecule has 0 saturated carbocycles. The van der Waals surface area contributed by atoms with Crippen molar-refractivity contribution >= 4 is 5.95 Å². The molecule has 0 fully saturated rings. The number of hydrogen-bond acceptors (Lipinski definition) is 4. The number of hydrogen-bond donors (Lipinski definition) is 2. The molecule has 1 rings (SSSR count). The molecule has 0 unspecified atom stereocenters. The van der Waals surface area contributed by atoms with Gasteiger partial charge in [0.1, 0.15) is 0 Å². The van der Waals surface area contributed by atoms with E-state index in [-0.39, 0.29) is 6.10 Å². The Morgan fingerprint density at radius 3 is 2.69 bits per heavy atom. The number of halogens is 1. The predicted octanol–water partition coefficient (Wildman–Crippen LogP) is 0.798. The molecular weight excluding hydrogens is 173 g/mol. The summed E-state index contributed by atoms with van der Waals surface area (Å²) < 4.78 is 12.3.